The molecule has 0 aliphatic heterocycles. The van der Waals surface area contributed by atoms with Crippen LogP contribution in [0.3, 0.4) is 0 Å². The van der Waals surface area contributed by atoms with Gasteiger partial charge in [-0.2, -0.15) is 0 Å². The highest BCUT2D eigenvalue weighted by molar-refractivity contribution is 4.53. The third-order valence-corrected chi connectivity index (χ3v) is 6.13. The highest BCUT2D eigenvalue weighted by atomic mass is 16.5. The van der Waals surface area contributed by atoms with E-state index in [2.05, 4.69) is 28.1 Å². The van der Waals surface area contributed by atoms with E-state index in [0.717, 1.165) is 43.5 Å². The summed E-state index contributed by atoms with van der Waals surface area (Å²) in [6.07, 6.45) is 23.9. The number of aliphatic hydroxyl groups excluding tert-OH is 1. The van der Waals surface area contributed by atoms with Crippen molar-refractivity contribution >= 4 is 0 Å². The van der Waals surface area contributed by atoms with Crippen LogP contribution in [0.25, 0.3) is 0 Å². The molecule has 0 amide bonds. The second kappa shape index (κ2) is 24.0. The largest absolute Gasteiger partial charge is 0.388 e. The van der Waals surface area contributed by atoms with Gasteiger partial charge in [-0.25, -0.2) is 0 Å². The molecular weight excluding hydrogens is 398 g/mol. The monoisotopic (exact) mass is 458 g/mol. The Hall–Kier alpha value is -0.160. The summed E-state index contributed by atoms with van der Waals surface area (Å²) >= 11 is 0. The summed E-state index contributed by atoms with van der Waals surface area (Å²) in [5.41, 5.74) is 0. The first-order valence-electron chi connectivity index (χ1n) is 14.1. The molecule has 1 N–H and O–H groups in total. The molecular formula is C28H60NO3+. The molecule has 0 aromatic rings. The van der Waals surface area contributed by atoms with E-state index in [1.807, 2.05) is 0 Å². The van der Waals surface area contributed by atoms with Crippen molar-refractivity contribution in [1.29, 1.82) is 0 Å². The van der Waals surface area contributed by atoms with Crippen molar-refractivity contribution in [1.82, 2.24) is 0 Å². The third kappa shape index (κ3) is 27.9. The van der Waals surface area contributed by atoms with Crippen LogP contribution in [0.1, 0.15) is 122 Å². The van der Waals surface area contributed by atoms with Crippen LogP contribution < -0.4 is 0 Å². The fourth-order valence-corrected chi connectivity index (χ4v) is 4.03. The zero-order chi connectivity index (χ0) is 23.8. The molecule has 194 valence electrons. The van der Waals surface area contributed by atoms with Gasteiger partial charge in [0.25, 0.3) is 0 Å². The number of unbranched alkanes of at least 4 members (excludes halogenated alkanes) is 16. The molecule has 0 aromatic heterocycles. The highest BCUT2D eigenvalue weighted by Gasteiger charge is 2.07. The molecule has 0 spiro atoms. The quantitative estimate of drug-likeness (QED) is 0.111. The predicted molar refractivity (Wildman–Crippen MR) is 139 cm³/mol. The van der Waals surface area contributed by atoms with Gasteiger partial charge in [0.1, 0.15) is 6.10 Å². The van der Waals surface area contributed by atoms with Crippen LogP contribution in [0.5, 0.6) is 0 Å². The summed E-state index contributed by atoms with van der Waals surface area (Å²) < 4.78 is 12.2. The van der Waals surface area contributed by atoms with Crippen LogP contribution in [0, 0.1) is 0 Å². The van der Waals surface area contributed by atoms with Gasteiger partial charge in [0.15, 0.2) is 0 Å². The normalized spacial score (nSPS) is 13.0. The number of rotatable bonds is 26. The van der Waals surface area contributed by atoms with Crippen molar-refractivity contribution in [3.8, 4) is 0 Å². The van der Waals surface area contributed by atoms with E-state index < -0.39 is 6.10 Å². The number of nitrogens with zero attached hydrogens (tertiary/aromatic N) is 1. The maximum absolute atomic E-state index is 9.92. The van der Waals surface area contributed by atoms with Crippen molar-refractivity contribution < 1.29 is 19.1 Å². The van der Waals surface area contributed by atoms with E-state index in [1.165, 1.54) is 96.3 Å². The molecule has 0 bridgehead atoms. The Morgan fingerprint density at radius 1 is 0.531 bits per heavy atom. The van der Waals surface area contributed by atoms with Crippen LogP contribution in [-0.4, -0.2) is 69.8 Å². The smallest absolute Gasteiger partial charge is 0.101 e. The van der Waals surface area contributed by atoms with Crippen LogP contribution in [-0.2, 0) is 9.47 Å². The number of quaternary nitrogens is 1. The third-order valence-electron chi connectivity index (χ3n) is 6.13. The topological polar surface area (TPSA) is 38.7 Å². The van der Waals surface area contributed by atoms with E-state index in [4.69, 9.17) is 9.47 Å². The summed E-state index contributed by atoms with van der Waals surface area (Å²) in [5, 5.41) is 9.92. The average molecular weight is 459 g/mol. The van der Waals surface area contributed by atoms with E-state index in [0.29, 0.717) is 13.2 Å². The molecule has 1 atom stereocenters. The van der Waals surface area contributed by atoms with Crippen molar-refractivity contribution in [2.24, 2.45) is 0 Å². The first-order chi connectivity index (χ1) is 15.5. The van der Waals surface area contributed by atoms with Gasteiger partial charge in [0.05, 0.1) is 40.9 Å². The molecule has 4 heteroatoms. The molecule has 0 rings (SSSR count). The molecule has 0 fully saturated rings. The molecule has 0 heterocycles. The summed E-state index contributed by atoms with van der Waals surface area (Å²) in [4.78, 5) is 0. The van der Waals surface area contributed by atoms with Crippen molar-refractivity contribution in [3.63, 3.8) is 0 Å². The van der Waals surface area contributed by atoms with Crippen LogP contribution in [0.4, 0.5) is 0 Å². The Balaban J connectivity index is 3.15. The predicted octanol–water partition coefficient (Wildman–Crippen LogP) is 7.13. The minimum atomic E-state index is -0.491. The van der Waals surface area contributed by atoms with Crippen LogP contribution >= 0.6 is 0 Å². The molecule has 0 aromatic carbocycles. The van der Waals surface area contributed by atoms with Gasteiger partial charge < -0.3 is 19.1 Å². The van der Waals surface area contributed by atoms with Gasteiger partial charge in [-0.1, -0.05) is 103 Å². The molecule has 0 saturated heterocycles. The van der Waals surface area contributed by atoms with Gasteiger partial charge in [-0.05, 0) is 19.3 Å². The lowest BCUT2D eigenvalue weighted by Gasteiger charge is -2.23. The Bertz CT molecular complexity index is 357. The second-order valence-electron chi connectivity index (χ2n) is 10.8. The van der Waals surface area contributed by atoms with E-state index >= 15 is 0 Å². The molecule has 0 aliphatic carbocycles. The summed E-state index contributed by atoms with van der Waals surface area (Å²) in [7, 11) is 6.63. The van der Waals surface area contributed by atoms with Crippen molar-refractivity contribution in [2.45, 2.75) is 129 Å². The fourth-order valence-electron chi connectivity index (χ4n) is 4.03. The van der Waals surface area contributed by atoms with Gasteiger partial charge in [-0.3, -0.25) is 0 Å². The van der Waals surface area contributed by atoms with Crippen LogP contribution in [0.15, 0.2) is 0 Å². The summed E-state index contributed by atoms with van der Waals surface area (Å²) in [5.74, 6) is 0. The molecule has 1 unspecified atom stereocenters. The van der Waals surface area contributed by atoms with Crippen molar-refractivity contribution in [3.05, 3.63) is 0 Å². The molecule has 32 heavy (non-hydrogen) atoms. The lowest BCUT2D eigenvalue weighted by molar-refractivity contribution is -0.870. The number of aliphatic hydroxyl groups is 1. The van der Waals surface area contributed by atoms with E-state index in [1.54, 1.807) is 0 Å². The lowest BCUT2D eigenvalue weighted by Crippen LogP contribution is -2.35. The fraction of sp³-hybridized carbons (Fsp3) is 1.00. The number of hydrogen-bond acceptors (Lipinski definition) is 3. The zero-order valence-electron chi connectivity index (χ0n) is 22.6. The SMILES string of the molecule is CCCCCCCCCCCCCCCCCCOCC(O)COCCCC[N+](C)(C)C. The highest BCUT2D eigenvalue weighted by Crippen LogP contribution is 2.13. The Labute approximate surface area is 202 Å². The lowest BCUT2D eigenvalue weighted by atomic mass is 10.0. The maximum atomic E-state index is 9.92. The Morgan fingerprint density at radius 3 is 1.25 bits per heavy atom. The molecule has 0 saturated carbocycles. The Kier molecular flexibility index (Phi) is 23.9. The molecule has 0 aliphatic rings. The van der Waals surface area contributed by atoms with E-state index in [-0.39, 0.29) is 0 Å². The summed E-state index contributed by atoms with van der Waals surface area (Å²) in [6, 6.07) is 0. The van der Waals surface area contributed by atoms with Crippen molar-refractivity contribution in [2.75, 3.05) is 54.1 Å². The first-order valence-corrected chi connectivity index (χ1v) is 14.1. The average Bonchev–Trinajstić information content (AvgIpc) is 2.74. The second-order valence-corrected chi connectivity index (χ2v) is 10.8. The standard InChI is InChI=1S/C28H60NO3/c1-5-6-7-8-9-10-11-12-13-14-15-16-17-18-19-21-24-31-26-28(30)27-32-25-22-20-23-29(2,3)4/h28,30H,5-27H2,1-4H3/q+1. The van der Waals surface area contributed by atoms with Gasteiger partial charge in [-0.15, -0.1) is 0 Å². The van der Waals surface area contributed by atoms with Gasteiger partial charge in [0, 0.05) is 13.2 Å². The van der Waals surface area contributed by atoms with Gasteiger partial charge in [0.2, 0.25) is 0 Å². The molecule has 4 nitrogen and oxygen atoms in total. The minimum absolute atomic E-state index is 0.392. The zero-order valence-corrected chi connectivity index (χ0v) is 22.6. The number of ether oxygens (including phenoxy) is 2. The minimum Gasteiger partial charge on any atom is -0.388 e. The summed E-state index contributed by atoms with van der Waals surface area (Å²) in [6.45, 7) is 5.74. The van der Waals surface area contributed by atoms with Crippen LogP contribution in [0.2, 0.25) is 0 Å². The maximum Gasteiger partial charge on any atom is 0.101 e. The number of hydrogen-bond donors (Lipinski definition) is 1. The van der Waals surface area contributed by atoms with Gasteiger partial charge >= 0.3 is 0 Å². The Morgan fingerprint density at radius 2 is 0.875 bits per heavy atom. The first kappa shape index (κ1) is 31.8. The van der Waals surface area contributed by atoms with E-state index in [9.17, 15) is 5.11 Å². The molecule has 0 radical (unpaired) electrons.